The topological polar surface area (TPSA) is 78.4 Å². The van der Waals surface area contributed by atoms with Gasteiger partial charge in [-0.3, -0.25) is 4.79 Å². The minimum Gasteiger partial charge on any atom is -0.481 e. The van der Waals surface area contributed by atoms with E-state index in [9.17, 15) is 14.7 Å². The first-order chi connectivity index (χ1) is 9.93. The third-order valence-corrected chi connectivity index (χ3v) is 4.59. The van der Waals surface area contributed by atoms with Crippen LogP contribution in [0.5, 0.6) is 0 Å². The Morgan fingerprint density at radius 1 is 1.33 bits per heavy atom. The lowest BCUT2D eigenvalue weighted by Crippen LogP contribution is -2.42. The number of carboxylic acids is 1. The SMILES string of the molecule is O=C(NCC1(C(=O)O)CCCC1)Nc1ccc(Br)cc1Cl. The minimum absolute atomic E-state index is 0.127. The summed E-state index contributed by atoms with van der Waals surface area (Å²) in [5.41, 5.74) is -0.353. The fourth-order valence-corrected chi connectivity index (χ4v) is 3.25. The highest BCUT2D eigenvalue weighted by atomic mass is 79.9. The van der Waals surface area contributed by atoms with Crippen LogP contribution < -0.4 is 10.6 Å². The molecule has 0 aromatic heterocycles. The minimum atomic E-state index is -0.845. The van der Waals surface area contributed by atoms with Gasteiger partial charge in [0.2, 0.25) is 0 Å². The number of amides is 2. The van der Waals surface area contributed by atoms with Gasteiger partial charge in [-0.05, 0) is 31.0 Å². The molecule has 0 radical (unpaired) electrons. The third-order valence-electron chi connectivity index (χ3n) is 3.78. The molecule has 21 heavy (non-hydrogen) atoms. The molecule has 0 spiro atoms. The van der Waals surface area contributed by atoms with Gasteiger partial charge in [0.1, 0.15) is 0 Å². The van der Waals surface area contributed by atoms with Crippen molar-refractivity contribution in [2.24, 2.45) is 5.41 Å². The summed E-state index contributed by atoms with van der Waals surface area (Å²) in [5.74, 6) is -0.845. The molecule has 3 N–H and O–H groups in total. The molecule has 0 saturated heterocycles. The van der Waals surface area contributed by atoms with Gasteiger partial charge in [0.05, 0.1) is 16.1 Å². The van der Waals surface area contributed by atoms with Gasteiger partial charge in [-0.2, -0.15) is 0 Å². The van der Waals surface area contributed by atoms with Crippen LogP contribution in [0, 0.1) is 5.41 Å². The number of carboxylic acid groups (broad SMARTS) is 1. The Hall–Kier alpha value is -1.27. The molecule has 5 nitrogen and oxygen atoms in total. The predicted octanol–water partition coefficient (Wildman–Crippen LogP) is 3.87. The summed E-state index contributed by atoms with van der Waals surface area (Å²) < 4.78 is 0.814. The van der Waals surface area contributed by atoms with Crippen molar-refractivity contribution in [1.29, 1.82) is 0 Å². The van der Waals surface area contributed by atoms with Gasteiger partial charge < -0.3 is 15.7 Å². The summed E-state index contributed by atoms with van der Waals surface area (Å²) in [4.78, 5) is 23.3. The Balaban J connectivity index is 1.94. The highest BCUT2D eigenvalue weighted by molar-refractivity contribution is 9.10. The number of hydrogen-bond donors (Lipinski definition) is 3. The van der Waals surface area contributed by atoms with Gasteiger partial charge in [-0.25, -0.2) is 4.79 Å². The molecule has 1 aliphatic rings. The summed E-state index contributed by atoms with van der Waals surface area (Å²) >= 11 is 9.29. The Bertz CT molecular complexity index is 559. The fraction of sp³-hybridized carbons (Fsp3) is 0.429. The van der Waals surface area contributed by atoms with E-state index in [1.54, 1.807) is 18.2 Å². The molecule has 2 rings (SSSR count). The van der Waals surface area contributed by atoms with Crippen LogP contribution in [-0.2, 0) is 4.79 Å². The largest absolute Gasteiger partial charge is 0.481 e. The Labute approximate surface area is 136 Å². The maximum absolute atomic E-state index is 11.9. The second-order valence-corrected chi connectivity index (χ2v) is 6.55. The molecule has 0 heterocycles. The lowest BCUT2D eigenvalue weighted by atomic mass is 9.86. The van der Waals surface area contributed by atoms with Gasteiger partial charge in [0.15, 0.2) is 0 Å². The average molecular weight is 376 g/mol. The fourth-order valence-electron chi connectivity index (χ4n) is 2.52. The summed E-state index contributed by atoms with van der Waals surface area (Å²) in [6, 6.07) is 4.66. The molecule has 2 amide bonds. The number of urea groups is 1. The number of hydrogen-bond acceptors (Lipinski definition) is 2. The average Bonchev–Trinajstić information content (AvgIpc) is 2.90. The van der Waals surface area contributed by atoms with Crippen molar-refractivity contribution in [3.8, 4) is 0 Å². The molecule has 0 unspecified atom stereocenters. The number of aliphatic carboxylic acids is 1. The van der Waals surface area contributed by atoms with Crippen molar-refractivity contribution >= 4 is 45.2 Å². The van der Waals surface area contributed by atoms with E-state index in [0.717, 1.165) is 17.3 Å². The van der Waals surface area contributed by atoms with Crippen LogP contribution >= 0.6 is 27.5 Å². The van der Waals surface area contributed by atoms with Crippen molar-refractivity contribution in [3.05, 3.63) is 27.7 Å². The second-order valence-electron chi connectivity index (χ2n) is 5.22. The molecular weight excluding hydrogens is 360 g/mol. The zero-order chi connectivity index (χ0) is 15.5. The van der Waals surface area contributed by atoms with Gasteiger partial charge in [0.25, 0.3) is 0 Å². The molecule has 7 heteroatoms. The second kappa shape index (κ2) is 6.66. The van der Waals surface area contributed by atoms with E-state index >= 15 is 0 Å². The number of carbonyl (C=O) groups is 2. The summed E-state index contributed by atoms with van der Waals surface area (Å²) in [7, 11) is 0. The van der Waals surface area contributed by atoms with Crippen LogP contribution in [0.1, 0.15) is 25.7 Å². The predicted molar refractivity (Wildman–Crippen MR) is 84.7 cm³/mol. The van der Waals surface area contributed by atoms with Crippen molar-refractivity contribution in [3.63, 3.8) is 0 Å². The first-order valence-corrected chi connectivity index (χ1v) is 7.83. The van der Waals surface area contributed by atoms with Crippen molar-refractivity contribution in [2.75, 3.05) is 11.9 Å². The molecule has 114 valence electrons. The van der Waals surface area contributed by atoms with Gasteiger partial charge in [-0.1, -0.05) is 40.4 Å². The first-order valence-electron chi connectivity index (χ1n) is 6.66. The summed E-state index contributed by atoms with van der Waals surface area (Å²) in [5, 5.41) is 15.0. The summed E-state index contributed by atoms with van der Waals surface area (Å²) in [6.07, 6.45) is 2.96. The smallest absolute Gasteiger partial charge is 0.319 e. The number of anilines is 1. The van der Waals surface area contributed by atoms with Crippen LogP contribution in [0.25, 0.3) is 0 Å². The van der Waals surface area contributed by atoms with E-state index in [0.29, 0.717) is 23.6 Å². The first kappa shape index (κ1) is 16.1. The van der Waals surface area contributed by atoms with E-state index in [1.807, 2.05) is 0 Å². The Morgan fingerprint density at radius 2 is 2.00 bits per heavy atom. The molecule has 0 atom stereocenters. The molecule has 1 aromatic rings. The molecular formula is C14H16BrClN2O3. The van der Waals surface area contributed by atoms with E-state index in [-0.39, 0.29) is 6.54 Å². The van der Waals surface area contributed by atoms with Crippen molar-refractivity contribution < 1.29 is 14.7 Å². The molecule has 1 fully saturated rings. The number of rotatable bonds is 4. The lowest BCUT2D eigenvalue weighted by molar-refractivity contribution is -0.148. The van der Waals surface area contributed by atoms with Gasteiger partial charge in [-0.15, -0.1) is 0 Å². The molecule has 1 saturated carbocycles. The van der Waals surface area contributed by atoms with Crippen molar-refractivity contribution in [2.45, 2.75) is 25.7 Å². The van der Waals surface area contributed by atoms with Crippen LogP contribution in [0.3, 0.4) is 0 Å². The molecule has 1 aromatic carbocycles. The van der Waals surface area contributed by atoms with E-state index < -0.39 is 17.4 Å². The zero-order valence-corrected chi connectivity index (χ0v) is 13.6. The van der Waals surface area contributed by atoms with Gasteiger partial charge in [0, 0.05) is 11.0 Å². The standard InChI is InChI=1S/C14H16BrClN2O3/c15-9-3-4-11(10(16)7-9)18-13(21)17-8-14(12(19)20)5-1-2-6-14/h3-4,7H,1-2,5-6,8H2,(H,19,20)(H2,17,18,21). The van der Waals surface area contributed by atoms with Crippen LogP contribution in [-0.4, -0.2) is 23.7 Å². The normalized spacial score (nSPS) is 16.5. The highest BCUT2D eigenvalue weighted by Gasteiger charge is 2.41. The third kappa shape index (κ3) is 3.89. The molecule has 1 aliphatic carbocycles. The molecule has 0 aliphatic heterocycles. The van der Waals surface area contributed by atoms with Gasteiger partial charge >= 0.3 is 12.0 Å². The van der Waals surface area contributed by atoms with Crippen molar-refractivity contribution in [1.82, 2.24) is 5.32 Å². The maximum atomic E-state index is 11.9. The van der Waals surface area contributed by atoms with E-state index in [2.05, 4.69) is 26.6 Å². The maximum Gasteiger partial charge on any atom is 0.319 e. The highest BCUT2D eigenvalue weighted by Crippen LogP contribution is 2.37. The molecule has 0 bridgehead atoms. The van der Waals surface area contributed by atoms with E-state index in [4.69, 9.17) is 11.6 Å². The number of carbonyl (C=O) groups excluding carboxylic acids is 1. The Morgan fingerprint density at radius 3 is 2.57 bits per heavy atom. The number of halogens is 2. The van der Waals surface area contributed by atoms with Crippen LogP contribution in [0.4, 0.5) is 10.5 Å². The Kier molecular flexibility index (Phi) is 5.11. The lowest BCUT2D eigenvalue weighted by Gasteiger charge is -2.24. The van der Waals surface area contributed by atoms with E-state index in [1.165, 1.54) is 0 Å². The zero-order valence-electron chi connectivity index (χ0n) is 11.3. The summed E-state index contributed by atoms with van der Waals surface area (Å²) in [6.45, 7) is 0.127. The quantitative estimate of drug-likeness (QED) is 0.747. The van der Waals surface area contributed by atoms with Crippen LogP contribution in [0.2, 0.25) is 5.02 Å². The number of benzene rings is 1. The van der Waals surface area contributed by atoms with Crippen LogP contribution in [0.15, 0.2) is 22.7 Å². The number of nitrogens with one attached hydrogen (secondary N) is 2. The monoisotopic (exact) mass is 374 g/mol.